The zero-order valence-electron chi connectivity index (χ0n) is 14.9. The summed E-state index contributed by atoms with van der Waals surface area (Å²) in [6.07, 6.45) is 3.16. The number of fused-ring (bicyclic) bond motifs is 1. The summed E-state index contributed by atoms with van der Waals surface area (Å²) in [5, 5.41) is 22.0. The molecule has 10 heteroatoms. The lowest BCUT2D eigenvalue weighted by molar-refractivity contribution is -0.384. The van der Waals surface area contributed by atoms with Crippen LogP contribution in [0.25, 0.3) is 11.0 Å². The van der Waals surface area contributed by atoms with E-state index in [1.165, 1.54) is 36.3 Å². The molecule has 0 bridgehead atoms. The fourth-order valence-electron chi connectivity index (χ4n) is 2.71. The van der Waals surface area contributed by atoms with Gasteiger partial charge in [-0.25, -0.2) is 9.97 Å². The average molecular weight is 406 g/mol. The molecule has 9 nitrogen and oxygen atoms in total. The van der Waals surface area contributed by atoms with E-state index in [4.69, 9.17) is 0 Å². The summed E-state index contributed by atoms with van der Waals surface area (Å²) in [7, 11) is 0. The molecule has 0 aliphatic rings. The van der Waals surface area contributed by atoms with Gasteiger partial charge in [0.25, 0.3) is 11.6 Å². The van der Waals surface area contributed by atoms with E-state index in [9.17, 15) is 14.9 Å². The van der Waals surface area contributed by atoms with Crippen LogP contribution in [0.2, 0.25) is 0 Å². The Kier molecular flexibility index (Phi) is 5.16. The van der Waals surface area contributed by atoms with Gasteiger partial charge in [-0.15, -0.1) is 11.8 Å². The van der Waals surface area contributed by atoms with Crippen molar-refractivity contribution in [1.82, 2.24) is 20.2 Å². The quantitative estimate of drug-likeness (QED) is 0.216. The molecule has 2 aromatic carbocycles. The van der Waals surface area contributed by atoms with Crippen LogP contribution >= 0.6 is 11.8 Å². The smallest absolute Gasteiger partial charge is 0.271 e. The number of benzene rings is 2. The van der Waals surface area contributed by atoms with Gasteiger partial charge in [0, 0.05) is 29.1 Å². The molecule has 1 amide bonds. The molecule has 2 aromatic heterocycles. The van der Waals surface area contributed by atoms with Crippen molar-refractivity contribution in [3.8, 4) is 0 Å². The lowest BCUT2D eigenvalue weighted by Gasteiger charge is -2.07. The largest absolute Gasteiger partial charge is 0.322 e. The Bertz CT molecular complexity index is 1210. The van der Waals surface area contributed by atoms with Gasteiger partial charge in [0.05, 0.1) is 16.5 Å². The number of hydrogen-bond donors (Lipinski definition) is 2. The Labute approximate surface area is 168 Å². The van der Waals surface area contributed by atoms with E-state index in [2.05, 4.69) is 25.5 Å². The maximum atomic E-state index is 12.5. The van der Waals surface area contributed by atoms with Crippen LogP contribution in [0.4, 0.5) is 11.4 Å². The van der Waals surface area contributed by atoms with Crippen LogP contribution in [0.5, 0.6) is 0 Å². The molecule has 2 N–H and O–H groups in total. The molecule has 0 aliphatic carbocycles. The van der Waals surface area contributed by atoms with Crippen LogP contribution in [0.3, 0.4) is 0 Å². The molecular formula is C19H14N6O3S. The summed E-state index contributed by atoms with van der Waals surface area (Å²) in [5.41, 5.74) is 2.37. The molecule has 0 fully saturated rings. The summed E-state index contributed by atoms with van der Waals surface area (Å²) < 4.78 is 0. The van der Waals surface area contributed by atoms with Crippen LogP contribution in [0.15, 0.2) is 66.1 Å². The van der Waals surface area contributed by atoms with E-state index in [-0.39, 0.29) is 11.6 Å². The first-order valence-electron chi connectivity index (χ1n) is 8.52. The maximum absolute atomic E-state index is 12.5. The number of non-ortho nitro benzene ring substituents is 1. The second-order valence-corrected chi connectivity index (χ2v) is 7.03. The number of carbonyl (C=O) groups excluding carboxylic acids is 1. The maximum Gasteiger partial charge on any atom is 0.271 e. The number of aromatic nitrogens is 4. The Morgan fingerprint density at radius 2 is 2.03 bits per heavy atom. The lowest BCUT2D eigenvalue weighted by Crippen LogP contribution is -2.12. The first-order chi connectivity index (χ1) is 14.1. The molecular weight excluding hydrogens is 392 g/mol. The summed E-state index contributed by atoms with van der Waals surface area (Å²) in [6.45, 7) is 0. The van der Waals surface area contributed by atoms with Crippen LogP contribution < -0.4 is 5.32 Å². The van der Waals surface area contributed by atoms with Crippen LogP contribution in [-0.2, 0) is 5.75 Å². The van der Waals surface area contributed by atoms with E-state index in [1.807, 2.05) is 6.07 Å². The van der Waals surface area contributed by atoms with Gasteiger partial charge in [-0.3, -0.25) is 20.0 Å². The van der Waals surface area contributed by atoms with Gasteiger partial charge < -0.3 is 5.32 Å². The molecule has 0 saturated heterocycles. The fraction of sp³-hybridized carbons (Fsp3) is 0.0526. The number of nitrogens with one attached hydrogen (secondary N) is 2. The SMILES string of the molecule is O=C(Nc1cccc([N+](=O)[O-])c1)c1cccc(CSc2ncnc3[nH]ncc23)c1. The minimum Gasteiger partial charge on any atom is -0.322 e. The topological polar surface area (TPSA) is 127 Å². The minimum atomic E-state index is -0.502. The van der Waals surface area contributed by atoms with Crippen molar-refractivity contribution in [2.45, 2.75) is 10.8 Å². The molecule has 0 atom stereocenters. The number of nitro groups is 1. The third-order valence-electron chi connectivity index (χ3n) is 4.09. The summed E-state index contributed by atoms with van der Waals surface area (Å²) >= 11 is 1.52. The van der Waals surface area contributed by atoms with Crippen molar-refractivity contribution in [2.75, 3.05) is 5.32 Å². The number of H-pyrrole nitrogens is 1. The van der Waals surface area contributed by atoms with Gasteiger partial charge in [-0.2, -0.15) is 5.10 Å². The number of amides is 1. The molecule has 29 heavy (non-hydrogen) atoms. The molecule has 0 unspecified atom stereocenters. The van der Waals surface area contributed by atoms with Gasteiger partial charge >= 0.3 is 0 Å². The number of hydrogen-bond acceptors (Lipinski definition) is 7. The molecule has 4 aromatic rings. The lowest BCUT2D eigenvalue weighted by atomic mass is 10.1. The van der Waals surface area contributed by atoms with E-state index in [0.717, 1.165) is 16.0 Å². The van der Waals surface area contributed by atoms with Crippen molar-refractivity contribution >= 4 is 40.1 Å². The molecule has 0 saturated carbocycles. The zero-order chi connectivity index (χ0) is 20.2. The van der Waals surface area contributed by atoms with Gasteiger partial charge in [0.1, 0.15) is 11.4 Å². The monoisotopic (exact) mass is 406 g/mol. The first kappa shape index (κ1) is 18.6. The van der Waals surface area contributed by atoms with E-state index < -0.39 is 4.92 Å². The number of nitrogens with zero attached hydrogens (tertiary/aromatic N) is 4. The van der Waals surface area contributed by atoms with Crippen LogP contribution in [0, 0.1) is 10.1 Å². The van der Waals surface area contributed by atoms with E-state index >= 15 is 0 Å². The van der Waals surface area contributed by atoms with Crippen molar-refractivity contribution in [3.05, 3.63) is 82.3 Å². The zero-order valence-corrected chi connectivity index (χ0v) is 15.7. The van der Waals surface area contributed by atoms with E-state index in [1.54, 1.807) is 30.5 Å². The van der Waals surface area contributed by atoms with Gasteiger partial charge in [0.15, 0.2) is 5.65 Å². The number of aromatic amines is 1. The van der Waals surface area contributed by atoms with Crippen molar-refractivity contribution in [2.24, 2.45) is 0 Å². The van der Waals surface area contributed by atoms with Gasteiger partial charge in [0.2, 0.25) is 0 Å². The predicted octanol–water partition coefficient (Wildman–Crippen LogP) is 3.81. The molecule has 4 rings (SSSR count). The normalized spacial score (nSPS) is 10.8. The molecule has 0 spiro atoms. The molecule has 0 aliphatic heterocycles. The molecule has 144 valence electrons. The second kappa shape index (κ2) is 8.07. The van der Waals surface area contributed by atoms with Crippen molar-refractivity contribution in [3.63, 3.8) is 0 Å². The highest BCUT2D eigenvalue weighted by molar-refractivity contribution is 7.98. The van der Waals surface area contributed by atoms with Gasteiger partial charge in [-0.1, -0.05) is 18.2 Å². The van der Waals surface area contributed by atoms with Crippen molar-refractivity contribution in [1.29, 1.82) is 0 Å². The van der Waals surface area contributed by atoms with Crippen LogP contribution in [0.1, 0.15) is 15.9 Å². The minimum absolute atomic E-state index is 0.0802. The second-order valence-electron chi connectivity index (χ2n) is 6.06. The summed E-state index contributed by atoms with van der Waals surface area (Å²) in [4.78, 5) is 31.3. The van der Waals surface area contributed by atoms with E-state index in [0.29, 0.717) is 22.7 Å². The van der Waals surface area contributed by atoms with Crippen LogP contribution in [-0.4, -0.2) is 31.0 Å². The highest BCUT2D eigenvalue weighted by Gasteiger charge is 2.11. The first-order valence-corrected chi connectivity index (χ1v) is 9.50. The fourth-order valence-corrected chi connectivity index (χ4v) is 3.62. The summed E-state index contributed by atoms with van der Waals surface area (Å²) in [5.74, 6) is 0.270. The average Bonchev–Trinajstić information content (AvgIpc) is 3.22. The Morgan fingerprint density at radius 3 is 2.90 bits per heavy atom. The van der Waals surface area contributed by atoms with Crippen molar-refractivity contribution < 1.29 is 9.72 Å². The van der Waals surface area contributed by atoms with Gasteiger partial charge in [-0.05, 0) is 23.8 Å². The predicted molar refractivity (Wildman–Crippen MR) is 109 cm³/mol. The molecule has 0 radical (unpaired) electrons. The number of carbonyl (C=O) groups is 1. The Balaban J connectivity index is 1.47. The highest BCUT2D eigenvalue weighted by Crippen LogP contribution is 2.26. The highest BCUT2D eigenvalue weighted by atomic mass is 32.2. The summed E-state index contributed by atoms with van der Waals surface area (Å²) in [6, 6.07) is 13.0. The molecule has 2 heterocycles. The Hall–Kier alpha value is -3.79. The standard InChI is InChI=1S/C19H14N6O3S/c26-18(23-14-5-2-6-15(8-14)25(27)28)13-4-1-3-12(7-13)10-29-19-16-9-22-24-17(16)20-11-21-19/h1-9,11H,10H2,(H,23,26)(H,20,21,22,24). The Morgan fingerprint density at radius 1 is 1.17 bits per heavy atom. The number of nitro benzene ring substituents is 1. The third-order valence-corrected chi connectivity index (χ3v) is 5.17. The third kappa shape index (κ3) is 4.22. The number of thioether (sulfide) groups is 1. The number of anilines is 1. The number of rotatable bonds is 6.